The maximum absolute atomic E-state index is 12.1. The van der Waals surface area contributed by atoms with Crippen molar-refractivity contribution < 1.29 is 23.0 Å². The highest BCUT2D eigenvalue weighted by molar-refractivity contribution is 5.76. The minimum absolute atomic E-state index is 0.00389. The Morgan fingerprint density at radius 2 is 1.96 bits per heavy atom. The number of rotatable bonds is 9. The van der Waals surface area contributed by atoms with Gasteiger partial charge in [-0.15, -0.1) is 0 Å². The quantitative estimate of drug-likeness (QED) is 0.713. The first-order valence-electron chi connectivity index (χ1n) is 8.53. The highest BCUT2D eigenvalue weighted by Gasteiger charge is 2.32. The van der Waals surface area contributed by atoms with Crippen LogP contribution in [0.25, 0.3) is 0 Å². The summed E-state index contributed by atoms with van der Waals surface area (Å²) < 4.78 is 33.9. The molecule has 0 bridgehead atoms. The molecule has 1 aromatic carbocycles. The predicted molar refractivity (Wildman–Crippen MR) is 90.8 cm³/mol. The number of hydrogen-bond acceptors (Lipinski definition) is 4. The van der Waals surface area contributed by atoms with Gasteiger partial charge in [-0.25, -0.2) is 0 Å². The van der Waals surface area contributed by atoms with Crippen LogP contribution in [0.15, 0.2) is 24.3 Å². The van der Waals surface area contributed by atoms with Crippen molar-refractivity contribution in [2.45, 2.75) is 32.3 Å². The fourth-order valence-electron chi connectivity index (χ4n) is 3.11. The number of piperidine rings is 1. The third kappa shape index (κ3) is 6.59. The fourth-order valence-corrected chi connectivity index (χ4v) is 3.11. The van der Waals surface area contributed by atoms with Gasteiger partial charge < -0.3 is 20.1 Å². The Bertz CT molecular complexity index is 526. The molecule has 1 fully saturated rings. The van der Waals surface area contributed by atoms with Crippen molar-refractivity contribution in [3.05, 3.63) is 29.8 Å². The molecule has 0 spiro atoms. The van der Waals surface area contributed by atoms with Crippen LogP contribution in [0.5, 0.6) is 5.75 Å². The molecule has 7 heteroatoms. The van der Waals surface area contributed by atoms with Gasteiger partial charge >= 0.3 is 6.61 Å². The van der Waals surface area contributed by atoms with Crippen LogP contribution in [0.4, 0.5) is 8.78 Å². The summed E-state index contributed by atoms with van der Waals surface area (Å²) in [5.74, 6) is 0.109. The predicted octanol–water partition coefficient (Wildman–Crippen LogP) is 2.35. The van der Waals surface area contributed by atoms with Crippen LogP contribution in [0.1, 0.15) is 24.8 Å². The number of ether oxygens (including phenoxy) is 2. The van der Waals surface area contributed by atoms with Gasteiger partial charge in [-0.2, -0.15) is 8.78 Å². The molecule has 0 aliphatic carbocycles. The molecule has 1 saturated heterocycles. The van der Waals surface area contributed by atoms with E-state index < -0.39 is 6.61 Å². The third-order valence-corrected chi connectivity index (χ3v) is 4.56. The minimum atomic E-state index is -2.83. The molecule has 140 valence electrons. The third-order valence-electron chi connectivity index (χ3n) is 4.56. The van der Waals surface area contributed by atoms with Gasteiger partial charge in [-0.1, -0.05) is 12.1 Å². The van der Waals surface area contributed by atoms with Crippen molar-refractivity contribution in [1.82, 2.24) is 10.6 Å². The van der Waals surface area contributed by atoms with Crippen LogP contribution in [0, 0.1) is 5.41 Å². The second-order valence-corrected chi connectivity index (χ2v) is 6.48. The van der Waals surface area contributed by atoms with Gasteiger partial charge in [0.05, 0.1) is 6.61 Å². The molecule has 2 rings (SSSR count). The lowest BCUT2D eigenvalue weighted by atomic mass is 9.79. The standard InChI is InChI=1S/C18H26F2N2O3/c1-24-13-18(8-10-21-11-9-18)12-22-16(23)7-4-14-2-5-15(6-3-14)25-17(19)20/h2-3,5-6,17,21H,4,7-13H2,1H3,(H,22,23). The number of benzene rings is 1. The molecule has 0 unspecified atom stereocenters. The molecule has 2 N–H and O–H groups in total. The number of carbonyl (C=O) groups is 1. The second-order valence-electron chi connectivity index (χ2n) is 6.48. The highest BCUT2D eigenvalue weighted by atomic mass is 19.3. The summed E-state index contributed by atoms with van der Waals surface area (Å²) in [5.41, 5.74) is 0.912. The highest BCUT2D eigenvalue weighted by Crippen LogP contribution is 2.28. The zero-order valence-electron chi connectivity index (χ0n) is 14.5. The van der Waals surface area contributed by atoms with E-state index in [2.05, 4.69) is 15.4 Å². The Hall–Kier alpha value is -1.73. The number of alkyl halides is 2. The van der Waals surface area contributed by atoms with Crippen molar-refractivity contribution in [3.63, 3.8) is 0 Å². The van der Waals surface area contributed by atoms with Gasteiger partial charge in [-0.05, 0) is 50.0 Å². The number of nitrogens with one attached hydrogen (secondary N) is 2. The smallest absolute Gasteiger partial charge is 0.387 e. The molecule has 25 heavy (non-hydrogen) atoms. The number of aryl methyl sites for hydroxylation is 1. The van der Waals surface area contributed by atoms with Crippen molar-refractivity contribution in [1.29, 1.82) is 0 Å². The summed E-state index contributed by atoms with van der Waals surface area (Å²) in [6, 6.07) is 6.37. The van der Waals surface area contributed by atoms with E-state index in [1.54, 1.807) is 19.2 Å². The maximum Gasteiger partial charge on any atom is 0.387 e. The van der Waals surface area contributed by atoms with Gasteiger partial charge in [0, 0.05) is 25.5 Å². The minimum Gasteiger partial charge on any atom is -0.435 e. The molecule has 0 radical (unpaired) electrons. The van der Waals surface area contributed by atoms with Crippen molar-refractivity contribution in [2.24, 2.45) is 5.41 Å². The van der Waals surface area contributed by atoms with Crippen LogP contribution < -0.4 is 15.4 Å². The molecule has 1 amide bonds. The van der Waals surface area contributed by atoms with E-state index >= 15 is 0 Å². The average molecular weight is 356 g/mol. The SMILES string of the molecule is COCC1(CNC(=O)CCc2ccc(OC(F)F)cc2)CCNCC1. The second kappa shape index (κ2) is 9.68. The topological polar surface area (TPSA) is 59.6 Å². The maximum atomic E-state index is 12.1. The van der Waals surface area contributed by atoms with Crippen LogP contribution >= 0.6 is 0 Å². The molecule has 1 aromatic rings. The molecule has 0 atom stereocenters. The van der Waals surface area contributed by atoms with Crippen LogP contribution in [-0.2, 0) is 16.0 Å². The normalized spacial score (nSPS) is 16.6. The number of methoxy groups -OCH3 is 1. The molecule has 1 heterocycles. The first-order chi connectivity index (χ1) is 12.0. The lowest BCUT2D eigenvalue weighted by Crippen LogP contribution is -2.47. The first kappa shape index (κ1) is 19.6. The zero-order valence-corrected chi connectivity index (χ0v) is 14.5. The van der Waals surface area contributed by atoms with E-state index in [1.807, 2.05) is 0 Å². The summed E-state index contributed by atoms with van der Waals surface area (Å²) in [5, 5.41) is 6.34. The van der Waals surface area contributed by atoms with E-state index in [0.717, 1.165) is 31.5 Å². The van der Waals surface area contributed by atoms with Gasteiger partial charge in [0.25, 0.3) is 0 Å². The monoisotopic (exact) mass is 356 g/mol. The Balaban J connectivity index is 1.76. The fraction of sp³-hybridized carbons (Fsp3) is 0.611. The number of halogens is 2. The van der Waals surface area contributed by atoms with E-state index in [4.69, 9.17) is 4.74 Å². The van der Waals surface area contributed by atoms with Gasteiger partial charge in [-0.3, -0.25) is 4.79 Å². The molecule has 0 aromatic heterocycles. The van der Waals surface area contributed by atoms with E-state index in [0.29, 0.717) is 26.0 Å². The molecular formula is C18H26F2N2O3. The summed E-state index contributed by atoms with van der Waals surface area (Å²) in [6.07, 6.45) is 2.87. The summed E-state index contributed by atoms with van der Waals surface area (Å²) in [6.45, 7) is 0.299. The van der Waals surface area contributed by atoms with E-state index in [-0.39, 0.29) is 17.1 Å². The average Bonchev–Trinajstić information content (AvgIpc) is 2.60. The largest absolute Gasteiger partial charge is 0.435 e. The number of carbonyl (C=O) groups excluding carboxylic acids is 1. The molecular weight excluding hydrogens is 330 g/mol. The van der Waals surface area contributed by atoms with Crippen molar-refractivity contribution >= 4 is 5.91 Å². The summed E-state index contributed by atoms with van der Waals surface area (Å²) in [7, 11) is 1.69. The number of hydrogen-bond donors (Lipinski definition) is 2. The van der Waals surface area contributed by atoms with Gasteiger partial charge in [0.1, 0.15) is 5.75 Å². The van der Waals surface area contributed by atoms with Crippen molar-refractivity contribution in [3.8, 4) is 5.75 Å². The lowest BCUT2D eigenvalue weighted by Gasteiger charge is -2.37. The molecule has 5 nitrogen and oxygen atoms in total. The Morgan fingerprint density at radius 3 is 2.56 bits per heavy atom. The summed E-state index contributed by atoms with van der Waals surface area (Å²) in [4.78, 5) is 12.1. The lowest BCUT2D eigenvalue weighted by molar-refractivity contribution is -0.122. The van der Waals surface area contributed by atoms with Crippen LogP contribution in [-0.4, -0.2) is 45.9 Å². The van der Waals surface area contributed by atoms with Crippen LogP contribution in [0.3, 0.4) is 0 Å². The molecule has 0 saturated carbocycles. The van der Waals surface area contributed by atoms with Crippen LogP contribution in [0.2, 0.25) is 0 Å². The Kier molecular flexibility index (Phi) is 7.58. The Labute approximate surface area is 147 Å². The van der Waals surface area contributed by atoms with Crippen molar-refractivity contribution in [2.75, 3.05) is 33.4 Å². The first-order valence-corrected chi connectivity index (χ1v) is 8.53. The zero-order chi connectivity index (χ0) is 18.1. The van der Waals surface area contributed by atoms with Gasteiger partial charge in [0.2, 0.25) is 5.91 Å². The molecule has 1 aliphatic heterocycles. The molecule has 1 aliphatic rings. The van der Waals surface area contributed by atoms with E-state index in [1.165, 1.54) is 12.1 Å². The Morgan fingerprint density at radius 1 is 1.28 bits per heavy atom. The number of amides is 1. The summed E-state index contributed by atoms with van der Waals surface area (Å²) >= 11 is 0. The van der Waals surface area contributed by atoms with E-state index in [9.17, 15) is 13.6 Å². The van der Waals surface area contributed by atoms with Gasteiger partial charge in [0.15, 0.2) is 0 Å².